The molecule has 0 unspecified atom stereocenters. The Morgan fingerprint density at radius 3 is 1.57 bits per heavy atom. The molecule has 2 heterocycles. The Morgan fingerprint density at radius 1 is 0.279 bits per heavy atom. The molecule has 2 aromatic heterocycles. The SMILES string of the molecule is c1ccc(-c2cccc3ccccc23)c(-c2ccc(N(c3ccc(-c4ccc5c(c4)sc4ccccc45)cc3)c3ccccc3-c3cccc4c3sc3ccccc34)cc2)c1. The van der Waals surface area contributed by atoms with Gasteiger partial charge in [-0.25, -0.2) is 0 Å². The van der Waals surface area contributed by atoms with Crippen LogP contribution in [-0.2, 0) is 0 Å². The van der Waals surface area contributed by atoms with Crippen LogP contribution < -0.4 is 4.90 Å². The summed E-state index contributed by atoms with van der Waals surface area (Å²) in [6.45, 7) is 0. The Balaban J connectivity index is 0.993. The van der Waals surface area contributed by atoms with Crippen molar-refractivity contribution in [3.63, 3.8) is 0 Å². The van der Waals surface area contributed by atoms with Gasteiger partial charge in [0.2, 0.25) is 0 Å². The fraction of sp³-hybridized carbons (Fsp3) is 0. The summed E-state index contributed by atoms with van der Waals surface area (Å²) < 4.78 is 5.26. The summed E-state index contributed by atoms with van der Waals surface area (Å²) in [5.74, 6) is 0. The van der Waals surface area contributed by atoms with Crippen molar-refractivity contribution in [1.29, 1.82) is 0 Å². The summed E-state index contributed by atoms with van der Waals surface area (Å²) in [5.41, 5.74) is 13.1. The molecule has 0 spiro atoms. The number of nitrogens with zero attached hydrogens (tertiary/aromatic N) is 1. The molecular weight excluding hydrogens is 775 g/mol. The van der Waals surface area contributed by atoms with E-state index in [9.17, 15) is 0 Å². The van der Waals surface area contributed by atoms with Gasteiger partial charge in [-0.3, -0.25) is 0 Å². The van der Waals surface area contributed by atoms with Gasteiger partial charge in [0.1, 0.15) is 0 Å². The van der Waals surface area contributed by atoms with E-state index < -0.39 is 0 Å². The largest absolute Gasteiger partial charge is 0.310 e. The van der Waals surface area contributed by atoms with Crippen LogP contribution in [0.2, 0.25) is 0 Å². The first kappa shape index (κ1) is 35.6. The van der Waals surface area contributed by atoms with Crippen LogP contribution in [0, 0.1) is 0 Å². The van der Waals surface area contributed by atoms with E-state index in [0.717, 1.165) is 17.1 Å². The van der Waals surface area contributed by atoms with Crippen molar-refractivity contribution in [1.82, 2.24) is 0 Å². The highest BCUT2D eigenvalue weighted by Gasteiger charge is 2.20. The van der Waals surface area contributed by atoms with Gasteiger partial charge in [-0.05, 0) is 92.7 Å². The number of hydrogen-bond acceptors (Lipinski definition) is 3. The Labute approximate surface area is 362 Å². The Bertz CT molecular complexity index is 3590. The first-order valence-corrected chi connectivity index (χ1v) is 22.4. The van der Waals surface area contributed by atoms with Crippen molar-refractivity contribution in [2.45, 2.75) is 0 Å². The van der Waals surface area contributed by atoms with Gasteiger partial charge in [0.15, 0.2) is 0 Å². The minimum Gasteiger partial charge on any atom is -0.310 e. The highest BCUT2D eigenvalue weighted by molar-refractivity contribution is 7.26. The van der Waals surface area contributed by atoms with Gasteiger partial charge in [-0.15, -0.1) is 22.7 Å². The van der Waals surface area contributed by atoms with E-state index in [2.05, 4.69) is 229 Å². The molecule has 286 valence electrons. The second-order valence-corrected chi connectivity index (χ2v) is 17.7. The first-order chi connectivity index (χ1) is 30.2. The van der Waals surface area contributed by atoms with Gasteiger partial charge >= 0.3 is 0 Å². The van der Waals surface area contributed by atoms with E-state index in [4.69, 9.17) is 0 Å². The summed E-state index contributed by atoms with van der Waals surface area (Å²) in [5, 5.41) is 7.76. The van der Waals surface area contributed by atoms with Crippen molar-refractivity contribution in [3.05, 3.63) is 224 Å². The maximum Gasteiger partial charge on any atom is 0.0540 e. The zero-order valence-corrected chi connectivity index (χ0v) is 34.8. The minimum absolute atomic E-state index is 1.10. The molecule has 0 radical (unpaired) electrons. The second kappa shape index (κ2) is 14.8. The van der Waals surface area contributed by atoms with E-state index in [1.54, 1.807) is 0 Å². The number of anilines is 3. The molecule has 10 aromatic carbocycles. The summed E-state index contributed by atoms with van der Waals surface area (Å²) >= 11 is 3.74. The molecule has 0 saturated carbocycles. The fourth-order valence-corrected chi connectivity index (χ4v) is 11.6. The molecule has 0 aliphatic heterocycles. The van der Waals surface area contributed by atoms with E-state index in [-0.39, 0.29) is 0 Å². The molecule has 12 aromatic rings. The summed E-state index contributed by atoms with van der Waals surface area (Å²) in [7, 11) is 0. The van der Waals surface area contributed by atoms with Crippen LogP contribution in [0.25, 0.3) is 95.6 Å². The number of rotatable bonds is 7. The summed E-state index contributed by atoms with van der Waals surface area (Å²) in [6.07, 6.45) is 0. The van der Waals surface area contributed by atoms with Gasteiger partial charge in [-0.1, -0.05) is 176 Å². The molecule has 12 rings (SSSR count). The van der Waals surface area contributed by atoms with Gasteiger partial charge in [0.05, 0.1) is 5.69 Å². The monoisotopic (exact) mass is 811 g/mol. The normalized spacial score (nSPS) is 11.6. The van der Waals surface area contributed by atoms with Crippen molar-refractivity contribution < 1.29 is 0 Å². The van der Waals surface area contributed by atoms with Crippen molar-refractivity contribution in [2.75, 3.05) is 4.90 Å². The summed E-state index contributed by atoms with van der Waals surface area (Å²) in [4.78, 5) is 2.43. The molecule has 3 heteroatoms. The van der Waals surface area contributed by atoms with Crippen molar-refractivity contribution in [3.8, 4) is 44.5 Å². The molecule has 1 nitrogen and oxygen atoms in total. The van der Waals surface area contributed by atoms with Gasteiger partial charge < -0.3 is 4.90 Å². The molecule has 0 aliphatic rings. The maximum absolute atomic E-state index is 2.43. The van der Waals surface area contributed by atoms with E-state index in [1.165, 1.54) is 95.6 Å². The third kappa shape index (κ3) is 6.13. The number of fused-ring (bicyclic) bond motifs is 7. The lowest BCUT2D eigenvalue weighted by molar-refractivity contribution is 1.28. The highest BCUT2D eigenvalue weighted by Crippen LogP contribution is 2.47. The molecule has 0 fully saturated rings. The third-order valence-electron chi connectivity index (χ3n) is 12.1. The Kier molecular flexibility index (Phi) is 8.62. The first-order valence-electron chi connectivity index (χ1n) is 20.7. The number of para-hydroxylation sites is 1. The van der Waals surface area contributed by atoms with Crippen LogP contribution >= 0.6 is 22.7 Å². The van der Waals surface area contributed by atoms with Gasteiger partial charge in [0, 0.05) is 62.8 Å². The number of benzene rings is 10. The standard InChI is InChI=1S/C58H37NS2/c1-2-15-44-39(13-1)14-11-21-47(44)46-17-4-3-16-45(46)40-29-34-43(35-30-40)59(42-32-27-38(28-33-42)41-31-36-51-49-19-6-9-25-55(49)60-57(51)37-41)54-24-8-5-18-48(54)52-22-12-23-53-50-20-7-10-26-56(50)61-58(52)53/h1-37H. The average molecular weight is 812 g/mol. The summed E-state index contributed by atoms with van der Waals surface area (Å²) in [6, 6.07) is 82.4. The molecule has 0 aliphatic carbocycles. The smallest absolute Gasteiger partial charge is 0.0540 e. The third-order valence-corrected chi connectivity index (χ3v) is 14.5. The van der Waals surface area contributed by atoms with Crippen LogP contribution in [0.5, 0.6) is 0 Å². The molecular formula is C58H37NS2. The van der Waals surface area contributed by atoms with E-state index >= 15 is 0 Å². The zero-order chi connectivity index (χ0) is 40.3. The lowest BCUT2D eigenvalue weighted by atomic mass is 9.91. The highest BCUT2D eigenvalue weighted by atomic mass is 32.1. The van der Waals surface area contributed by atoms with Gasteiger partial charge in [-0.2, -0.15) is 0 Å². The van der Waals surface area contributed by atoms with Crippen molar-refractivity contribution >= 4 is 90.9 Å². The van der Waals surface area contributed by atoms with Crippen LogP contribution in [-0.4, -0.2) is 0 Å². The number of hydrogen-bond donors (Lipinski definition) is 0. The predicted molar refractivity (Wildman–Crippen MR) is 266 cm³/mol. The lowest BCUT2D eigenvalue weighted by Crippen LogP contribution is -2.11. The molecule has 0 saturated heterocycles. The Hall–Kier alpha value is -7.30. The molecule has 0 atom stereocenters. The second-order valence-electron chi connectivity index (χ2n) is 15.6. The quantitative estimate of drug-likeness (QED) is 0.155. The molecule has 61 heavy (non-hydrogen) atoms. The lowest BCUT2D eigenvalue weighted by Gasteiger charge is -2.28. The average Bonchev–Trinajstić information content (AvgIpc) is 3.90. The zero-order valence-electron chi connectivity index (χ0n) is 33.1. The maximum atomic E-state index is 2.43. The van der Waals surface area contributed by atoms with Crippen LogP contribution in [0.3, 0.4) is 0 Å². The number of thiophene rings is 2. The molecule has 0 N–H and O–H groups in total. The molecule has 0 amide bonds. The molecule has 0 bridgehead atoms. The minimum atomic E-state index is 1.10. The van der Waals surface area contributed by atoms with Crippen molar-refractivity contribution in [2.24, 2.45) is 0 Å². The van der Waals surface area contributed by atoms with Crippen LogP contribution in [0.1, 0.15) is 0 Å². The van der Waals surface area contributed by atoms with Crippen LogP contribution in [0.15, 0.2) is 224 Å². The fourth-order valence-electron chi connectivity index (χ4n) is 9.21. The van der Waals surface area contributed by atoms with E-state index in [0.29, 0.717) is 0 Å². The topological polar surface area (TPSA) is 3.24 Å². The van der Waals surface area contributed by atoms with E-state index in [1.807, 2.05) is 22.7 Å². The Morgan fingerprint density at radius 2 is 0.787 bits per heavy atom. The van der Waals surface area contributed by atoms with Crippen LogP contribution in [0.4, 0.5) is 17.1 Å². The predicted octanol–water partition coefficient (Wildman–Crippen LogP) is 17.7. The van der Waals surface area contributed by atoms with Gasteiger partial charge in [0.25, 0.3) is 0 Å².